The van der Waals surface area contributed by atoms with Crippen LogP contribution in [0.15, 0.2) is 30.1 Å². The molecule has 0 radical (unpaired) electrons. The molecule has 1 aromatic carbocycles. The molecule has 1 unspecified atom stereocenters. The average molecular weight is 320 g/mol. The molecule has 23 heavy (non-hydrogen) atoms. The van der Waals surface area contributed by atoms with Gasteiger partial charge in [-0.25, -0.2) is 8.78 Å². The maximum absolute atomic E-state index is 13.8. The largest absolute Gasteiger partial charge is 0.365 e. The molecule has 1 aromatic rings. The van der Waals surface area contributed by atoms with E-state index in [0.29, 0.717) is 12.8 Å². The molecule has 4 nitrogen and oxygen atoms in total. The first kappa shape index (κ1) is 15.6. The summed E-state index contributed by atoms with van der Waals surface area (Å²) >= 11 is 0. The van der Waals surface area contributed by atoms with Crippen LogP contribution in [0.4, 0.5) is 8.78 Å². The number of allylic oxidation sites excluding steroid dienone is 1. The number of benzene rings is 1. The van der Waals surface area contributed by atoms with Crippen molar-refractivity contribution < 1.29 is 18.4 Å². The van der Waals surface area contributed by atoms with Crippen LogP contribution in [0.3, 0.4) is 0 Å². The summed E-state index contributed by atoms with van der Waals surface area (Å²) in [6, 6.07) is 2.80. The van der Waals surface area contributed by atoms with E-state index in [-0.39, 0.29) is 23.1 Å². The van der Waals surface area contributed by atoms with Gasteiger partial charge in [0.1, 0.15) is 22.9 Å². The molecule has 1 atom stereocenters. The minimum atomic E-state index is -0.921. The van der Waals surface area contributed by atoms with Gasteiger partial charge in [-0.1, -0.05) is 18.9 Å². The van der Waals surface area contributed by atoms with Crippen LogP contribution < -0.4 is 10.6 Å². The summed E-state index contributed by atoms with van der Waals surface area (Å²) < 4.78 is 26.8. The first-order chi connectivity index (χ1) is 10.9. The van der Waals surface area contributed by atoms with Gasteiger partial charge in [0.25, 0.3) is 0 Å². The summed E-state index contributed by atoms with van der Waals surface area (Å²) in [5.41, 5.74) is -0.662. The molecule has 3 rings (SSSR count). The molecule has 6 heteroatoms. The maximum atomic E-state index is 13.8. The first-order valence-corrected chi connectivity index (χ1v) is 7.71. The van der Waals surface area contributed by atoms with Crippen LogP contribution in [0.5, 0.6) is 0 Å². The third-order valence-corrected chi connectivity index (χ3v) is 4.69. The normalized spacial score (nSPS) is 21.1. The van der Waals surface area contributed by atoms with Gasteiger partial charge in [-0.3, -0.25) is 9.59 Å². The molecular weight excluding hydrogens is 302 g/mol. The lowest BCUT2D eigenvalue weighted by Gasteiger charge is -2.31. The second-order valence-corrected chi connectivity index (χ2v) is 6.20. The lowest BCUT2D eigenvalue weighted by atomic mass is 9.79. The van der Waals surface area contributed by atoms with E-state index in [1.54, 1.807) is 6.92 Å². The number of hydrogen-bond donors (Lipinski definition) is 2. The third-order valence-electron chi connectivity index (χ3n) is 4.69. The maximum Gasteiger partial charge on any atom is 0.239 e. The van der Waals surface area contributed by atoms with Gasteiger partial charge in [-0.2, -0.15) is 0 Å². The molecule has 1 amide bonds. The highest BCUT2D eigenvalue weighted by atomic mass is 19.1. The van der Waals surface area contributed by atoms with Crippen LogP contribution in [0.2, 0.25) is 0 Å². The number of hydrogen-bond acceptors (Lipinski definition) is 3. The van der Waals surface area contributed by atoms with Gasteiger partial charge in [0.2, 0.25) is 5.91 Å². The Morgan fingerprint density at radius 3 is 2.52 bits per heavy atom. The Labute approximate surface area is 132 Å². The molecule has 1 fully saturated rings. The Morgan fingerprint density at radius 2 is 1.91 bits per heavy atom. The summed E-state index contributed by atoms with van der Waals surface area (Å²) in [4.78, 5) is 24.7. The van der Waals surface area contributed by atoms with E-state index < -0.39 is 23.1 Å². The Balaban J connectivity index is 1.78. The van der Waals surface area contributed by atoms with Crippen molar-refractivity contribution in [1.29, 1.82) is 0 Å². The number of amides is 1. The standard InChI is InChI=1S/C17H18F2N2O2/c1-10(12-5-4-11(18)8-13(12)19)20-15-9-14(22)17(16(23)21-15)6-2-3-7-17/h4-5,8-10,20H,2-3,6-7H2,1H3,(H,21,23). The molecular formula is C17H18F2N2O2. The smallest absolute Gasteiger partial charge is 0.239 e. The Bertz CT molecular complexity index is 694. The van der Waals surface area contributed by atoms with E-state index in [0.717, 1.165) is 18.9 Å². The molecule has 1 heterocycles. The van der Waals surface area contributed by atoms with E-state index in [1.807, 2.05) is 0 Å². The summed E-state index contributed by atoms with van der Waals surface area (Å²) in [7, 11) is 0. The van der Waals surface area contributed by atoms with Crippen LogP contribution in [0, 0.1) is 17.0 Å². The highest BCUT2D eigenvalue weighted by Crippen LogP contribution is 2.41. The van der Waals surface area contributed by atoms with E-state index >= 15 is 0 Å². The SMILES string of the molecule is CC(NC1=CC(=O)C2(CCCC2)C(=O)N1)c1ccc(F)cc1F. The van der Waals surface area contributed by atoms with Crippen LogP contribution >= 0.6 is 0 Å². The molecule has 2 N–H and O–H groups in total. The lowest BCUT2D eigenvalue weighted by molar-refractivity contribution is -0.140. The number of ketones is 1. The van der Waals surface area contributed by atoms with Crippen molar-refractivity contribution in [2.75, 3.05) is 0 Å². The number of carbonyl (C=O) groups excluding carboxylic acids is 2. The van der Waals surface area contributed by atoms with Crippen LogP contribution in [-0.2, 0) is 9.59 Å². The molecule has 2 aliphatic rings. The second kappa shape index (κ2) is 5.76. The van der Waals surface area contributed by atoms with Gasteiger partial charge in [0.15, 0.2) is 5.78 Å². The van der Waals surface area contributed by atoms with Gasteiger partial charge >= 0.3 is 0 Å². The van der Waals surface area contributed by atoms with E-state index in [4.69, 9.17) is 0 Å². The number of rotatable bonds is 3. The highest BCUT2D eigenvalue weighted by molar-refractivity contribution is 6.14. The van der Waals surface area contributed by atoms with Crippen LogP contribution in [-0.4, -0.2) is 11.7 Å². The average Bonchev–Trinajstić information content (AvgIpc) is 2.96. The number of nitrogens with one attached hydrogen (secondary N) is 2. The molecule has 0 bridgehead atoms. The zero-order chi connectivity index (χ0) is 16.6. The summed E-state index contributed by atoms with van der Waals surface area (Å²) in [5, 5.41) is 5.61. The minimum absolute atomic E-state index is 0.201. The van der Waals surface area contributed by atoms with Crippen LogP contribution in [0.1, 0.15) is 44.2 Å². The van der Waals surface area contributed by atoms with Crippen molar-refractivity contribution in [3.8, 4) is 0 Å². The summed E-state index contributed by atoms with van der Waals surface area (Å²) in [5.74, 6) is -1.56. The Kier molecular flexibility index (Phi) is 3.92. The number of halogens is 2. The predicted octanol–water partition coefficient (Wildman–Crippen LogP) is 2.72. The topological polar surface area (TPSA) is 58.2 Å². The number of carbonyl (C=O) groups is 2. The van der Waals surface area contributed by atoms with Crippen molar-refractivity contribution in [1.82, 2.24) is 10.6 Å². The van der Waals surface area contributed by atoms with Crippen molar-refractivity contribution in [2.24, 2.45) is 5.41 Å². The first-order valence-electron chi connectivity index (χ1n) is 7.71. The Hall–Kier alpha value is -2.24. The Morgan fingerprint density at radius 1 is 1.22 bits per heavy atom. The zero-order valence-electron chi connectivity index (χ0n) is 12.8. The van der Waals surface area contributed by atoms with Crippen molar-refractivity contribution in [3.05, 3.63) is 47.3 Å². The fourth-order valence-electron chi connectivity index (χ4n) is 3.35. The quantitative estimate of drug-likeness (QED) is 0.842. The highest BCUT2D eigenvalue weighted by Gasteiger charge is 2.49. The van der Waals surface area contributed by atoms with E-state index in [9.17, 15) is 18.4 Å². The van der Waals surface area contributed by atoms with Gasteiger partial charge in [-0.15, -0.1) is 0 Å². The summed E-state index contributed by atoms with van der Waals surface area (Å²) in [6.07, 6.45) is 4.26. The molecule has 122 valence electrons. The second-order valence-electron chi connectivity index (χ2n) is 6.20. The van der Waals surface area contributed by atoms with E-state index in [1.165, 1.54) is 18.2 Å². The van der Waals surface area contributed by atoms with Gasteiger partial charge < -0.3 is 10.6 Å². The molecule has 0 aromatic heterocycles. The molecule has 1 spiro atoms. The molecule has 1 aliphatic heterocycles. The van der Waals surface area contributed by atoms with Crippen LogP contribution in [0.25, 0.3) is 0 Å². The fourth-order valence-corrected chi connectivity index (χ4v) is 3.35. The lowest BCUT2D eigenvalue weighted by Crippen LogP contribution is -2.50. The summed E-state index contributed by atoms with van der Waals surface area (Å²) in [6.45, 7) is 1.67. The monoisotopic (exact) mass is 320 g/mol. The van der Waals surface area contributed by atoms with Gasteiger partial charge in [0.05, 0.1) is 6.04 Å². The fraction of sp³-hybridized carbons (Fsp3) is 0.412. The van der Waals surface area contributed by atoms with E-state index in [2.05, 4.69) is 10.6 Å². The predicted molar refractivity (Wildman–Crippen MR) is 80.0 cm³/mol. The molecule has 1 saturated carbocycles. The van der Waals surface area contributed by atoms with Crippen molar-refractivity contribution in [2.45, 2.75) is 38.6 Å². The zero-order valence-corrected chi connectivity index (χ0v) is 12.8. The van der Waals surface area contributed by atoms with Gasteiger partial charge in [0, 0.05) is 17.7 Å². The third kappa shape index (κ3) is 2.73. The van der Waals surface area contributed by atoms with Gasteiger partial charge in [-0.05, 0) is 25.8 Å². The van der Waals surface area contributed by atoms with Crippen molar-refractivity contribution in [3.63, 3.8) is 0 Å². The minimum Gasteiger partial charge on any atom is -0.365 e. The molecule has 1 aliphatic carbocycles. The van der Waals surface area contributed by atoms with Crippen molar-refractivity contribution >= 4 is 11.7 Å². The molecule has 0 saturated heterocycles.